The van der Waals surface area contributed by atoms with Gasteiger partial charge in [-0.3, -0.25) is 14.7 Å². The minimum atomic E-state index is 0.0171. The number of aryl methyl sites for hydroxylation is 1. The first kappa shape index (κ1) is 18.6. The van der Waals surface area contributed by atoms with E-state index in [2.05, 4.69) is 39.8 Å². The molecule has 1 atom stereocenters. The van der Waals surface area contributed by atoms with Crippen molar-refractivity contribution in [1.29, 1.82) is 0 Å². The van der Waals surface area contributed by atoms with E-state index in [9.17, 15) is 4.79 Å². The number of carbonyl (C=O) groups excluding carboxylic acids is 1. The number of amides is 1. The maximum Gasteiger partial charge on any atom is 0.267 e. The molecule has 0 saturated carbocycles. The fourth-order valence-corrected chi connectivity index (χ4v) is 3.72. The first-order valence-electron chi connectivity index (χ1n) is 9.82. The lowest BCUT2D eigenvalue weighted by Crippen LogP contribution is -2.42. The van der Waals surface area contributed by atoms with E-state index < -0.39 is 0 Å². The fourth-order valence-electron chi connectivity index (χ4n) is 3.72. The highest BCUT2D eigenvalue weighted by molar-refractivity contribution is 5.94. The monoisotopic (exact) mass is 354 g/mol. The summed E-state index contributed by atoms with van der Waals surface area (Å²) in [5.74, 6) is 0.0171. The Bertz CT molecular complexity index is 710. The van der Waals surface area contributed by atoms with Gasteiger partial charge in [0.05, 0.1) is 0 Å². The van der Waals surface area contributed by atoms with E-state index in [0.29, 0.717) is 12.6 Å². The molecule has 5 heteroatoms. The van der Waals surface area contributed by atoms with Gasteiger partial charge in [0.15, 0.2) is 0 Å². The van der Waals surface area contributed by atoms with Gasteiger partial charge in [0.2, 0.25) is 0 Å². The molecule has 2 aromatic rings. The van der Waals surface area contributed by atoms with Crippen LogP contribution in [0, 0.1) is 0 Å². The Hall–Kier alpha value is -2.14. The minimum absolute atomic E-state index is 0.0171. The molecule has 140 valence electrons. The maximum atomic E-state index is 12.7. The van der Waals surface area contributed by atoms with E-state index in [1.54, 1.807) is 12.4 Å². The van der Waals surface area contributed by atoms with Crippen molar-refractivity contribution >= 4 is 5.91 Å². The molecule has 26 heavy (non-hydrogen) atoms. The number of piperidine rings is 1. The molecule has 1 aliphatic heterocycles. The number of nitrogens with one attached hydrogen (secondary N) is 1. The van der Waals surface area contributed by atoms with Crippen LogP contribution in [0.15, 0.2) is 36.8 Å². The summed E-state index contributed by atoms with van der Waals surface area (Å²) in [6.45, 7) is 8.04. The van der Waals surface area contributed by atoms with Crippen LogP contribution < -0.4 is 5.32 Å². The summed E-state index contributed by atoms with van der Waals surface area (Å²) in [4.78, 5) is 19.3. The number of pyridine rings is 1. The van der Waals surface area contributed by atoms with Crippen LogP contribution in [0.2, 0.25) is 0 Å². The molecular formula is C21H30N4O. The number of hydrogen-bond acceptors (Lipinski definition) is 3. The summed E-state index contributed by atoms with van der Waals surface area (Å²) in [5.41, 5.74) is 2.90. The molecule has 1 amide bonds. The second kappa shape index (κ2) is 8.99. The maximum absolute atomic E-state index is 12.7. The number of aromatic nitrogens is 2. The second-order valence-corrected chi connectivity index (χ2v) is 7.18. The van der Waals surface area contributed by atoms with Crippen molar-refractivity contribution in [2.75, 3.05) is 19.6 Å². The molecule has 5 nitrogen and oxygen atoms in total. The van der Waals surface area contributed by atoms with Crippen molar-refractivity contribution < 1.29 is 4.79 Å². The quantitative estimate of drug-likeness (QED) is 0.827. The Balaban J connectivity index is 1.65. The van der Waals surface area contributed by atoms with Crippen molar-refractivity contribution in [1.82, 2.24) is 19.8 Å². The van der Waals surface area contributed by atoms with E-state index in [1.807, 2.05) is 18.2 Å². The van der Waals surface area contributed by atoms with Crippen LogP contribution in [0.5, 0.6) is 0 Å². The van der Waals surface area contributed by atoms with Crippen molar-refractivity contribution in [3.05, 3.63) is 42.5 Å². The van der Waals surface area contributed by atoms with Crippen LogP contribution in [0.25, 0.3) is 11.1 Å². The number of carbonyl (C=O) groups is 1. The summed E-state index contributed by atoms with van der Waals surface area (Å²) in [6.07, 6.45) is 10.5. The van der Waals surface area contributed by atoms with Crippen molar-refractivity contribution in [3.8, 4) is 11.1 Å². The van der Waals surface area contributed by atoms with Crippen LogP contribution in [-0.4, -0.2) is 46.0 Å². The molecule has 1 N–H and O–H groups in total. The van der Waals surface area contributed by atoms with Crippen LogP contribution in [0.4, 0.5) is 0 Å². The molecular weight excluding hydrogens is 324 g/mol. The highest BCUT2D eigenvalue weighted by Gasteiger charge is 2.19. The van der Waals surface area contributed by atoms with E-state index in [1.165, 1.54) is 19.3 Å². The third-order valence-electron chi connectivity index (χ3n) is 5.23. The smallest absolute Gasteiger partial charge is 0.267 e. The first-order valence-corrected chi connectivity index (χ1v) is 9.82. The zero-order valence-corrected chi connectivity index (χ0v) is 15.9. The summed E-state index contributed by atoms with van der Waals surface area (Å²) < 4.78 is 2.06. The number of nitrogens with zero attached hydrogens (tertiary/aromatic N) is 3. The molecule has 1 saturated heterocycles. The highest BCUT2D eigenvalue weighted by Crippen LogP contribution is 2.22. The Morgan fingerprint density at radius 1 is 1.23 bits per heavy atom. The number of hydrogen-bond donors (Lipinski definition) is 1. The summed E-state index contributed by atoms with van der Waals surface area (Å²) in [7, 11) is 0. The van der Waals surface area contributed by atoms with Crippen LogP contribution in [-0.2, 0) is 6.54 Å². The molecule has 1 fully saturated rings. The van der Waals surface area contributed by atoms with E-state index in [-0.39, 0.29) is 5.91 Å². The molecule has 0 aliphatic carbocycles. The molecule has 3 rings (SSSR count). The van der Waals surface area contributed by atoms with Gasteiger partial charge in [0.25, 0.3) is 5.91 Å². The third-order valence-corrected chi connectivity index (χ3v) is 5.23. The van der Waals surface area contributed by atoms with Gasteiger partial charge in [-0.1, -0.05) is 13.3 Å². The van der Waals surface area contributed by atoms with Gasteiger partial charge in [-0.05, 0) is 56.5 Å². The van der Waals surface area contributed by atoms with Gasteiger partial charge < -0.3 is 9.88 Å². The SMILES string of the molecule is CCCn1cc(-c2ccncc2)cc1C(=O)NCCN1CCCC[C@@H]1C. The largest absolute Gasteiger partial charge is 0.349 e. The lowest BCUT2D eigenvalue weighted by atomic mass is 10.0. The average molecular weight is 354 g/mol. The van der Waals surface area contributed by atoms with Crippen molar-refractivity contribution in [2.24, 2.45) is 0 Å². The third kappa shape index (κ3) is 4.52. The van der Waals surface area contributed by atoms with Gasteiger partial charge in [-0.25, -0.2) is 0 Å². The van der Waals surface area contributed by atoms with E-state index in [0.717, 1.165) is 42.9 Å². The predicted octanol–water partition coefficient (Wildman–Crippen LogP) is 3.56. The molecule has 1 aliphatic rings. The molecule has 0 spiro atoms. The lowest BCUT2D eigenvalue weighted by molar-refractivity contribution is 0.0929. The van der Waals surface area contributed by atoms with E-state index >= 15 is 0 Å². The zero-order chi connectivity index (χ0) is 18.4. The van der Waals surface area contributed by atoms with Crippen molar-refractivity contribution in [2.45, 2.75) is 52.1 Å². The van der Waals surface area contributed by atoms with E-state index in [4.69, 9.17) is 0 Å². The Labute approximate surface area is 156 Å². The first-order chi connectivity index (χ1) is 12.7. The Morgan fingerprint density at radius 3 is 2.77 bits per heavy atom. The van der Waals surface area contributed by atoms with Gasteiger partial charge in [0, 0.05) is 49.8 Å². The number of likely N-dealkylation sites (tertiary alicyclic amines) is 1. The minimum Gasteiger partial charge on any atom is -0.349 e. The summed E-state index contributed by atoms with van der Waals surface area (Å²) >= 11 is 0. The fraction of sp³-hybridized carbons (Fsp3) is 0.524. The summed E-state index contributed by atoms with van der Waals surface area (Å²) in [5, 5.41) is 3.12. The predicted molar refractivity (Wildman–Crippen MR) is 105 cm³/mol. The average Bonchev–Trinajstić information content (AvgIpc) is 3.08. The van der Waals surface area contributed by atoms with Crippen LogP contribution in [0.3, 0.4) is 0 Å². The van der Waals surface area contributed by atoms with Gasteiger partial charge >= 0.3 is 0 Å². The molecule has 0 unspecified atom stereocenters. The topological polar surface area (TPSA) is 50.2 Å². The standard InChI is InChI=1S/C21H30N4O/c1-3-12-25-16-19(18-7-9-22-10-8-18)15-20(25)21(26)23-11-14-24-13-5-4-6-17(24)2/h7-10,15-17H,3-6,11-14H2,1-2H3,(H,23,26)/t17-/m0/s1. The van der Waals surface area contributed by atoms with Crippen molar-refractivity contribution in [3.63, 3.8) is 0 Å². The van der Waals surface area contributed by atoms with Crippen LogP contribution in [0.1, 0.15) is 50.0 Å². The van der Waals surface area contributed by atoms with Gasteiger partial charge in [0.1, 0.15) is 5.69 Å². The molecule has 0 bridgehead atoms. The lowest BCUT2D eigenvalue weighted by Gasteiger charge is -2.33. The summed E-state index contributed by atoms with van der Waals surface area (Å²) in [6, 6.07) is 6.57. The molecule has 3 heterocycles. The molecule has 0 aromatic carbocycles. The highest BCUT2D eigenvalue weighted by atomic mass is 16.1. The normalized spacial score (nSPS) is 18.0. The molecule has 0 radical (unpaired) electrons. The number of rotatable bonds is 7. The molecule has 2 aromatic heterocycles. The Kier molecular flexibility index (Phi) is 6.45. The van der Waals surface area contributed by atoms with Crippen LogP contribution >= 0.6 is 0 Å². The van der Waals surface area contributed by atoms with Gasteiger partial charge in [-0.15, -0.1) is 0 Å². The van der Waals surface area contributed by atoms with Gasteiger partial charge in [-0.2, -0.15) is 0 Å². The Morgan fingerprint density at radius 2 is 2.04 bits per heavy atom. The second-order valence-electron chi connectivity index (χ2n) is 7.18. The zero-order valence-electron chi connectivity index (χ0n) is 15.9.